The average Bonchev–Trinajstić information content (AvgIpc) is 0.833. The summed E-state index contributed by atoms with van der Waals surface area (Å²) < 4.78 is 97.6. The molecule has 4 amide bonds. The molecule has 0 saturated heterocycles. The largest absolute Gasteiger partial charge is 0.399 e. The fourth-order valence-corrected chi connectivity index (χ4v) is 23.9. The van der Waals surface area contributed by atoms with Crippen LogP contribution >= 0.6 is 49.6 Å². The second kappa shape index (κ2) is 81.7. The number of rotatable bonds is 81. The van der Waals surface area contributed by atoms with Crippen molar-refractivity contribution in [1.82, 2.24) is 0 Å². The highest BCUT2D eigenvalue weighted by molar-refractivity contribution is 7.57. The van der Waals surface area contributed by atoms with Gasteiger partial charge in [0.1, 0.15) is 28.3 Å². The molecule has 12 N–H and O–H groups in total. The van der Waals surface area contributed by atoms with Gasteiger partial charge in [0.05, 0.1) is 39.6 Å². The lowest BCUT2D eigenvalue weighted by atomic mass is 10.0. The number of benzene rings is 3. The lowest BCUT2D eigenvalue weighted by molar-refractivity contribution is -0.117. The third-order valence-electron chi connectivity index (χ3n) is 23.2. The highest BCUT2D eigenvalue weighted by Crippen LogP contribution is 2.58. The quantitative estimate of drug-likeness (QED) is 0.0109. The van der Waals surface area contributed by atoms with Gasteiger partial charge in [-0.2, -0.15) is 0 Å². The first-order chi connectivity index (χ1) is 63.3. The van der Waals surface area contributed by atoms with Gasteiger partial charge < -0.3 is 79.5 Å². The third kappa shape index (κ3) is 63.4. The molecule has 0 heterocycles. The van der Waals surface area contributed by atoms with Crippen molar-refractivity contribution >= 4 is 113 Å². The summed E-state index contributed by atoms with van der Waals surface area (Å²) in [6.45, 7) is 22.7. The van der Waals surface area contributed by atoms with Crippen molar-refractivity contribution in [3.05, 3.63) is 72.8 Å². The van der Waals surface area contributed by atoms with Crippen LogP contribution in [-0.4, -0.2) is 116 Å². The van der Waals surface area contributed by atoms with E-state index in [1.807, 2.05) is 0 Å². The summed E-state index contributed by atoms with van der Waals surface area (Å²) >= 11 is 5.65. The van der Waals surface area contributed by atoms with Crippen LogP contribution in [0.5, 0.6) is 0 Å². The van der Waals surface area contributed by atoms with Crippen LogP contribution in [0.1, 0.15) is 429 Å². The van der Waals surface area contributed by atoms with Crippen LogP contribution in [-0.2, 0) is 73.9 Å². The molecule has 0 spiro atoms. The Bertz CT molecular complexity index is 3400. The molecule has 0 saturated carbocycles. The Kier molecular flexibility index (Phi) is 79.1. The van der Waals surface area contributed by atoms with Gasteiger partial charge in [0.15, 0.2) is 0 Å². The van der Waals surface area contributed by atoms with Gasteiger partial charge in [-0.05, 0) is 158 Å². The molecular weight excluding hydrogens is 1800 g/mol. The first kappa shape index (κ1) is 128. The molecule has 0 aromatic heterocycles. The van der Waals surface area contributed by atoms with Crippen molar-refractivity contribution in [1.29, 1.82) is 0 Å². The van der Waals surface area contributed by atoms with E-state index >= 15 is 0 Å². The lowest BCUT2D eigenvalue weighted by Crippen LogP contribution is -2.30. The van der Waals surface area contributed by atoms with E-state index in [1.165, 1.54) is 210 Å². The van der Waals surface area contributed by atoms with Crippen LogP contribution in [0.3, 0.4) is 0 Å². The second-order valence-corrected chi connectivity index (χ2v) is 45.5. The fourth-order valence-electron chi connectivity index (χ4n) is 15.7. The number of amides is 4. The van der Waals surface area contributed by atoms with Crippen molar-refractivity contribution in [2.24, 2.45) is 0 Å². The zero-order valence-electron chi connectivity index (χ0n) is 83.5. The van der Waals surface area contributed by atoms with Crippen LogP contribution in [0.2, 0.25) is 0 Å². The Morgan fingerprint density at radius 2 is 0.394 bits per heavy atom. The van der Waals surface area contributed by atoms with Crippen LogP contribution < -0.4 is 32.7 Å². The van der Waals surface area contributed by atoms with E-state index in [0.717, 1.165) is 133 Å². The Labute approximate surface area is 804 Å². The van der Waals surface area contributed by atoms with E-state index in [-0.39, 0.29) is 52.5 Å². The zero-order valence-corrected chi connectivity index (χ0v) is 88.8. The topological polar surface area (TPSA) is 407 Å². The fraction of sp³-hybridized carbons (Fsp3) is 0.770. The smallest absolute Gasteiger partial charge is 0.343 e. The summed E-state index contributed by atoms with van der Waals surface area (Å²) in [6.07, 6.45) is 58.2. The molecule has 0 aliphatic heterocycles. The van der Waals surface area contributed by atoms with E-state index in [4.69, 9.17) is 50.2 Å². The zero-order chi connectivity index (χ0) is 98.4. The number of nitrogens with one attached hydrogen (secondary N) is 4. The minimum atomic E-state index is -4.67. The molecule has 26 nitrogen and oxygen atoms in total. The predicted octanol–water partition coefficient (Wildman–Crippen LogP) is 30.3. The molecule has 5 atom stereocenters. The molecule has 3 aromatic rings. The molecule has 0 radical (unpaired) electrons. The van der Waals surface area contributed by atoms with Crippen molar-refractivity contribution < 1.29 is 93.5 Å². The van der Waals surface area contributed by atoms with Gasteiger partial charge in [0.2, 0.25) is 28.9 Å². The summed E-state index contributed by atoms with van der Waals surface area (Å²) in [4.78, 5) is 104. The summed E-state index contributed by atoms with van der Waals surface area (Å²) in [5.41, 5.74) is 8.18. The van der Waals surface area contributed by atoms with E-state index in [2.05, 4.69) is 55.9 Å². The van der Waals surface area contributed by atoms with Crippen LogP contribution in [0, 0.1) is 0 Å². The average molecular weight is 1980 g/mol. The molecule has 0 bridgehead atoms. The van der Waals surface area contributed by atoms with Gasteiger partial charge in [-0.3, -0.25) is 46.8 Å². The Hall–Kier alpha value is -4.15. The number of hydrogen-bond acceptors (Lipinski definition) is 18. The molecule has 132 heavy (non-hydrogen) atoms. The Morgan fingerprint density at radius 3 is 0.553 bits per heavy atom. The van der Waals surface area contributed by atoms with Crippen LogP contribution in [0.4, 0.5) is 34.1 Å². The third-order valence-corrected chi connectivity index (χ3v) is 33.7. The molecular formula is C100H184ClN6O20P5. The van der Waals surface area contributed by atoms with Gasteiger partial charge in [-0.25, -0.2) is 0 Å². The molecule has 5 unspecified atom stereocenters. The number of nitrogen functional groups attached to an aromatic ring is 2. The van der Waals surface area contributed by atoms with Crippen LogP contribution in [0.15, 0.2) is 72.8 Å². The van der Waals surface area contributed by atoms with E-state index in [0.29, 0.717) is 54.9 Å². The van der Waals surface area contributed by atoms with E-state index in [9.17, 15) is 66.4 Å². The van der Waals surface area contributed by atoms with Crippen molar-refractivity contribution in [3.8, 4) is 0 Å². The standard InChI is InChI=1S/C42H78N2O8P2.C34H62N2O8P2.C18H36ClO4P.C6H8N2/c1-7-13-15-17-19-21-23-25-27-29-31-39(53(47,49-9-3)50-10-4)41(45)43-37-33-35-38(36-34-37)44-42(46)40(54(48,51-11-5)52-12-6)32-30-28-26-24-22-20-18-16-14-8-2;1-3-5-7-9-11-13-15-17-19-21-23-31(45(39,40)41)33(37)35-29-25-27-30(28-26-29)36-34(38)32(46(42,43)44)24-22-20-18-16-14-12-10-8-6-4-2;1-4-7-8-9-10-11-12-13-14-15-16-17(18(19)20)24(21,22-5-2)23-6-3;7-5-1-2-6(8)4-3-5/h33-36,39-40H,7-32H2,1-6H3,(H,43,45)(H,44,46);25-28,31-32H,3-24H2,1-2H3,(H,35,37)(H,36,38)(H2,39,40,41)(H2,42,43,44);17H,4-16H2,1-3H3;1-4H,7-8H2. The highest BCUT2D eigenvalue weighted by Gasteiger charge is 2.44. The lowest BCUT2D eigenvalue weighted by Gasteiger charge is -2.26. The molecule has 3 aromatic carbocycles. The number of anilines is 6. The molecule has 0 aliphatic carbocycles. The number of unbranched alkanes of at least 4 members (excludes halogenated alkanes) is 45. The number of nitrogens with two attached hydrogens (primary N) is 2. The van der Waals surface area contributed by atoms with E-state index < -0.39 is 95.1 Å². The summed E-state index contributed by atoms with van der Waals surface area (Å²) in [5.74, 6) is -2.36. The van der Waals surface area contributed by atoms with Gasteiger partial charge in [0, 0.05) is 34.1 Å². The normalized spacial score (nSPS) is 13.0. The van der Waals surface area contributed by atoms with E-state index in [1.54, 1.807) is 90.1 Å². The maximum atomic E-state index is 13.8. The number of carbonyl (C=O) groups excluding carboxylic acids is 5. The number of carbonyl (C=O) groups is 5. The molecule has 32 heteroatoms. The van der Waals surface area contributed by atoms with Gasteiger partial charge in [-0.1, -0.05) is 356 Å². The monoisotopic (exact) mass is 1980 g/mol. The summed E-state index contributed by atoms with van der Waals surface area (Å²) in [5, 5.41) is 10.3. The molecule has 3 rings (SSSR count). The molecule has 0 fully saturated rings. The Balaban J connectivity index is 0.00000197. The summed E-state index contributed by atoms with van der Waals surface area (Å²) in [6, 6.07) is 19.7. The highest BCUT2D eigenvalue weighted by atomic mass is 35.5. The predicted molar refractivity (Wildman–Crippen MR) is 551 cm³/mol. The Morgan fingerprint density at radius 1 is 0.250 bits per heavy atom. The molecule has 0 aliphatic rings. The van der Waals surface area contributed by atoms with Crippen molar-refractivity contribution in [3.63, 3.8) is 0 Å². The minimum Gasteiger partial charge on any atom is -0.399 e. The van der Waals surface area contributed by atoms with Gasteiger partial charge in [-0.15, -0.1) is 0 Å². The van der Waals surface area contributed by atoms with Crippen molar-refractivity contribution in [2.75, 3.05) is 72.4 Å². The molecule has 766 valence electrons. The van der Waals surface area contributed by atoms with Gasteiger partial charge >= 0.3 is 38.0 Å². The maximum absolute atomic E-state index is 13.8. The van der Waals surface area contributed by atoms with Crippen LogP contribution in [0.25, 0.3) is 0 Å². The summed E-state index contributed by atoms with van der Waals surface area (Å²) in [7, 11) is -20.2. The van der Waals surface area contributed by atoms with Gasteiger partial charge in [0.25, 0.3) is 0 Å². The second-order valence-electron chi connectivity index (χ2n) is 34.8. The first-order valence-corrected chi connectivity index (χ1v) is 59.9. The number of hydrogen-bond donors (Lipinski definition) is 10. The number of halogens is 1. The minimum absolute atomic E-state index is 0.0869. The SMILES string of the molecule is CCCCCCCCCCCCC(C(=O)Cl)P(=O)(OCC)OCC.CCCCCCCCCCCCC(C(=O)Nc1ccc(NC(=O)C(CCCCCCCCCCCC)P(=O)(O)O)cc1)P(=O)(O)O.CCCCCCCCCCCCC(C(=O)Nc1ccc(NC(=O)C(CCCCCCCCCCCC)P(=O)(OCC)OCC)cc1)P(=O)(OCC)OCC.Nc1ccc(N)cc1. The maximum Gasteiger partial charge on any atom is 0.343 e. The van der Waals surface area contributed by atoms with Crippen molar-refractivity contribution in [2.45, 2.75) is 458 Å². The first-order valence-electron chi connectivity index (χ1n) is 51.3.